The molecule has 0 saturated carbocycles. The van der Waals surface area contributed by atoms with Gasteiger partial charge in [-0.1, -0.05) is 6.07 Å². The van der Waals surface area contributed by atoms with Crippen molar-refractivity contribution in [2.45, 2.75) is 6.54 Å². The third-order valence-electron chi connectivity index (χ3n) is 2.83. The zero-order chi connectivity index (χ0) is 14.5. The Balaban J connectivity index is 1.94. The molecule has 0 fully saturated rings. The Morgan fingerprint density at radius 1 is 1.20 bits per heavy atom. The molecule has 20 heavy (non-hydrogen) atoms. The van der Waals surface area contributed by atoms with E-state index >= 15 is 0 Å². The van der Waals surface area contributed by atoms with E-state index in [1.807, 2.05) is 55.4 Å². The van der Waals surface area contributed by atoms with Crippen LogP contribution in [0.25, 0.3) is 0 Å². The molecule has 0 atom stereocenters. The van der Waals surface area contributed by atoms with Crippen LogP contribution in [0.15, 0.2) is 42.6 Å². The predicted molar refractivity (Wildman–Crippen MR) is 88.9 cm³/mol. The summed E-state index contributed by atoms with van der Waals surface area (Å²) in [5.74, 6) is 0.829. The van der Waals surface area contributed by atoms with Gasteiger partial charge in [0.1, 0.15) is 5.82 Å². The van der Waals surface area contributed by atoms with Crippen molar-refractivity contribution in [1.82, 2.24) is 10.3 Å². The van der Waals surface area contributed by atoms with Crippen LogP contribution in [-0.4, -0.2) is 25.0 Å². The number of aromatic nitrogens is 1. The maximum Gasteiger partial charge on any atom is 0.251 e. The monoisotopic (exact) mass is 381 g/mol. The predicted octanol–water partition coefficient (Wildman–Crippen LogP) is 2.68. The molecule has 0 bridgehead atoms. The second-order valence-electron chi connectivity index (χ2n) is 4.61. The minimum absolute atomic E-state index is 0.0712. The lowest BCUT2D eigenvalue weighted by Gasteiger charge is -2.11. The second kappa shape index (κ2) is 6.69. The molecule has 4 nitrogen and oxygen atoms in total. The summed E-state index contributed by atoms with van der Waals surface area (Å²) in [6, 6.07) is 11.4. The maximum absolute atomic E-state index is 12.0. The molecule has 0 unspecified atom stereocenters. The third kappa shape index (κ3) is 3.93. The van der Waals surface area contributed by atoms with E-state index in [4.69, 9.17) is 0 Å². The fraction of sp³-hybridized carbons (Fsp3) is 0.200. The van der Waals surface area contributed by atoms with Gasteiger partial charge >= 0.3 is 0 Å². The lowest BCUT2D eigenvalue weighted by Crippen LogP contribution is -2.22. The van der Waals surface area contributed by atoms with E-state index in [9.17, 15) is 4.79 Å². The highest BCUT2D eigenvalue weighted by atomic mass is 127. The van der Waals surface area contributed by atoms with Crippen LogP contribution in [0, 0.1) is 3.57 Å². The van der Waals surface area contributed by atoms with Crippen LogP contribution < -0.4 is 10.2 Å². The molecule has 1 aromatic carbocycles. The van der Waals surface area contributed by atoms with Crippen molar-refractivity contribution in [3.63, 3.8) is 0 Å². The fourth-order valence-electron chi connectivity index (χ4n) is 1.67. The molecule has 1 heterocycles. The van der Waals surface area contributed by atoms with Crippen LogP contribution in [0.3, 0.4) is 0 Å². The van der Waals surface area contributed by atoms with Gasteiger partial charge in [-0.3, -0.25) is 4.79 Å². The molecule has 0 aliphatic rings. The number of nitrogens with one attached hydrogen (secondary N) is 1. The van der Waals surface area contributed by atoms with Crippen LogP contribution in [-0.2, 0) is 6.54 Å². The Bertz CT molecular complexity index is 579. The van der Waals surface area contributed by atoms with E-state index in [2.05, 4.69) is 32.9 Å². The number of rotatable bonds is 4. The van der Waals surface area contributed by atoms with Gasteiger partial charge in [0.2, 0.25) is 0 Å². The second-order valence-corrected chi connectivity index (χ2v) is 5.85. The van der Waals surface area contributed by atoms with Gasteiger partial charge in [0.05, 0.1) is 0 Å². The van der Waals surface area contributed by atoms with Gasteiger partial charge in [-0.25, -0.2) is 4.98 Å². The molecule has 1 aromatic heterocycles. The molecule has 2 rings (SSSR count). The summed E-state index contributed by atoms with van der Waals surface area (Å²) in [5, 5.41) is 2.89. The summed E-state index contributed by atoms with van der Waals surface area (Å²) in [5.41, 5.74) is 1.65. The van der Waals surface area contributed by atoms with E-state index in [0.29, 0.717) is 12.1 Å². The summed E-state index contributed by atoms with van der Waals surface area (Å²) in [6.07, 6.45) is 1.78. The number of carbonyl (C=O) groups is 1. The summed E-state index contributed by atoms with van der Waals surface area (Å²) < 4.78 is 1.11. The number of halogens is 1. The van der Waals surface area contributed by atoms with Crippen molar-refractivity contribution >= 4 is 34.3 Å². The van der Waals surface area contributed by atoms with Crippen LogP contribution in [0.2, 0.25) is 0 Å². The molecule has 0 radical (unpaired) electrons. The van der Waals surface area contributed by atoms with E-state index in [-0.39, 0.29) is 5.91 Å². The average Bonchev–Trinajstić information content (AvgIpc) is 2.46. The van der Waals surface area contributed by atoms with Crippen LogP contribution >= 0.6 is 22.6 Å². The smallest absolute Gasteiger partial charge is 0.251 e. The number of hydrogen-bond donors (Lipinski definition) is 1. The quantitative estimate of drug-likeness (QED) is 0.829. The number of nitrogens with zero attached hydrogens (tertiary/aromatic N) is 2. The SMILES string of the molecule is CN(C)c1ccc(CNC(=O)c2ccc(I)cc2)cn1. The number of pyridine rings is 1. The molecule has 0 spiro atoms. The first-order valence-corrected chi connectivity index (χ1v) is 7.30. The van der Waals surface area contributed by atoms with Crippen molar-refractivity contribution in [3.05, 3.63) is 57.3 Å². The Morgan fingerprint density at radius 3 is 2.45 bits per heavy atom. The van der Waals surface area contributed by atoms with Gasteiger partial charge in [-0.15, -0.1) is 0 Å². The molecular weight excluding hydrogens is 365 g/mol. The Morgan fingerprint density at radius 2 is 1.90 bits per heavy atom. The first-order valence-electron chi connectivity index (χ1n) is 6.22. The zero-order valence-electron chi connectivity index (χ0n) is 11.4. The van der Waals surface area contributed by atoms with Gasteiger partial charge in [-0.2, -0.15) is 0 Å². The number of amides is 1. The molecule has 1 N–H and O–H groups in total. The fourth-order valence-corrected chi connectivity index (χ4v) is 2.03. The first kappa shape index (κ1) is 14.8. The Labute approximate surface area is 132 Å². The van der Waals surface area contributed by atoms with Gasteiger partial charge in [0.15, 0.2) is 0 Å². The average molecular weight is 381 g/mol. The minimum Gasteiger partial charge on any atom is -0.363 e. The summed E-state index contributed by atoms with van der Waals surface area (Å²) in [7, 11) is 3.89. The van der Waals surface area contributed by atoms with Crippen LogP contribution in [0.5, 0.6) is 0 Å². The van der Waals surface area contributed by atoms with Crippen LogP contribution in [0.1, 0.15) is 15.9 Å². The van der Waals surface area contributed by atoms with Gasteiger partial charge < -0.3 is 10.2 Å². The Hall–Kier alpha value is -1.63. The van der Waals surface area contributed by atoms with Crippen molar-refractivity contribution in [1.29, 1.82) is 0 Å². The highest BCUT2D eigenvalue weighted by Crippen LogP contribution is 2.09. The normalized spacial score (nSPS) is 10.2. The lowest BCUT2D eigenvalue weighted by molar-refractivity contribution is 0.0951. The van der Waals surface area contributed by atoms with E-state index < -0.39 is 0 Å². The number of carbonyl (C=O) groups excluding carboxylic acids is 1. The van der Waals surface area contributed by atoms with Crippen molar-refractivity contribution in [2.75, 3.05) is 19.0 Å². The van der Waals surface area contributed by atoms with E-state index in [1.165, 1.54) is 0 Å². The van der Waals surface area contributed by atoms with Gasteiger partial charge in [0.25, 0.3) is 5.91 Å². The highest BCUT2D eigenvalue weighted by Gasteiger charge is 2.05. The van der Waals surface area contributed by atoms with Crippen LogP contribution in [0.4, 0.5) is 5.82 Å². The molecule has 2 aromatic rings. The number of benzene rings is 1. The zero-order valence-corrected chi connectivity index (χ0v) is 13.6. The van der Waals surface area contributed by atoms with Gasteiger partial charge in [0, 0.05) is 36.0 Å². The Kier molecular flexibility index (Phi) is 4.94. The molecule has 1 amide bonds. The first-order chi connectivity index (χ1) is 9.56. The maximum atomic E-state index is 12.0. The molecule has 0 aliphatic heterocycles. The minimum atomic E-state index is -0.0712. The largest absolute Gasteiger partial charge is 0.363 e. The van der Waals surface area contributed by atoms with Crippen molar-refractivity contribution in [3.8, 4) is 0 Å². The molecule has 104 valence electrons. The molecular formula is C15H16IN3O. The van der Waals surface area contributed by atoms with E-state index in [1.54, 1.807) is 6.20 Å². The molecule has 0 saturated heterocycles. The van der Waals surface area contributed by atoms with Crippen molar-refractivity contribution in [2.24, 2.45) is 0 Å². The standard InChI is InChI=1S/C15H16IN3O/c1-19(2)14-8-3-11(9-17-14)10-18-15(20)12-4-6-13(16)7-5-12/h3-9H,10H2,1-2H3,(H,18,20). The number of anilines is 1. The summed E-state index contributed by atoms with van der Waals surface area (Å²) >= 11 is 2.21. The topological polar surface area (TPSA) is 45.2 Å². The highest BCUT2D eigenvalue weighted by molar-refractivity contribution is 14.1. The summed E-state index contributed by atoms with van der Waals surface area (Å²) in [4.78, 5) is 18.2. The van der Waals surface area contributed by atoms with Crippen molar-refractivity contribution < 1.29 is 4.79 Å². The van der Waals surface area contributed by atoms with Gasteiger partial charge in [-0.05, 0) is 58.5 Å². The molecule has 5 heteroatoms. The summed E-state index contributed by atoms with van der Waals surface area (Å²) in [6.45, 7) is 0.478. The number of hydrogen-bond acceptors (Lipinski definition) is 3. The third-order valence-corrected chi connectivity index (χ3v) is 3.55. The molecule has 0 aliphatic carbocycles. The lowest BCUT2D eigenvalue weighted by atomic mass is 10.2. The van der Waals surface area contributed by atoms with E-state index in [0.717, 1.165) is 15.0 Å².